The molecule has 0 bridgehead atoms. The van der Waals surface area contributed by atoms with Crippen LogP contribution in [-0.4, -0.2) is 28.9 Å². The zero-order valence-corrected chi connectivity index (χ0v) is 19.1. The number of benzene rings is 2. The van der Waals surface area contributed by atoms with E-state index >= 15 is 0 Å². The molecule has 2 amide bonds. The first-order valence-corrected chi connectivity index (χ1v) is 10.9. The number of amides is 2. The van der Waals surface area contributed by atoms with Crippen molar-refractivity contribution >= 4 is 23.4 Å². The Morgan fingerprint density at radius 2 is 1.94 bits per heavy atom. The number of hydrogen-bond donors (Lipinski definition) is 1. The minimum atomic E-state index is -0.359. The first-order valence-electron chi connectivity index (χ1n) is 10.9. The van der Waals surface area contributed by atoms with E-state index in [1.54, 1.807) is 7.05 Å². The van der Waals surface area contributed by atoms with E-state index < -0.39 is 0 Å². The van der Waals surface area contributed by atoms with Crippen molar-refractivity contribution in [2.75, 3.05) is 7.05 Å². The minimum absolute atomic E-state index is 0.163. The second kappa shape index (κ2) is 11.8. The third-order valence-corrected chi connectivity index (χ3v) is 4.99. The number of nitrogens with zero attached hydrogens (tertiary/aromatic N) is 3. The molecule has 6 heteroatoms. The number of carbonyl (C=O) groups excluding carboxylic acids is 2. The van der Waals surface area contributed by atoms with Crippen LogP contribution in [-0.2, 0) is 24.2 Å². The standard InChI is InChI=1S/C23H26N4O2.C2H6/c1-4-17-10-11-20-19(14-17)26-21(23(29)24-3)22(25-15-28)27(20)12-6-9-18-8-5-7-16(2)13-18;1-2/h5,7-8,10-11,13-15H,4,6,9,12H2,1-3H3,(H,24,29);1-2H3. The molecule has 0 aliphatic carbocycles. The van der Waals surface area contributed by atoms with Gasteiger partial charge in [-0.25, -0.2) is 4.98 Å². The first kappa shape index (κ1) is 24.0. The molecule has 31 heavy (non-hydrogen) atoms. The van der Waals surface area contributed by atoms with E-state index in [4.69, 9.17) is 0 Å². The summed E-state index contributed by atoms with van der Waals surface area (Å²) in [5.74, 6) is -0.359. The fourth-order valence-corrected chi connectivity index (χ4v) is 3.51. The average molecular weight is 421 g/mol. The van der Waals surface area contributed by atoms with Crippen LogP contribution in [0.4, 0.5) is 0 Å². The Kier molecular flexibility index (Phi) is 9.13. The lowest BCUT2D eigenvalue weighted by molar-refractivity contribution is -0.107. The highest BCUT2D eigenvalue weighted by Crippen LogP contribution is 2.15. The molecular weight excluding hydrogens is 388 g/mol. The van der Waals surface area contributed by atoms with Crippen LogP contribution in [0.2, 0.25) is 0 Å². The predicted molar refractivity (Wildman–Crippen MR) is 125 cm³/mol. The second-order valence-electron chi connectivity index (χ2n) is 7.02. The summed E-state index contributed by atoms with van der Waals surface area (Å²) in [6.45, 7) is 8.78. The number of hydrogen-bond acceptors (Lipinski definition) is 3. The minimum Gasteiger partial charge on any atom is -0.354 e. The Bertz CT molecular complexity index is 1120. The van der Waals surface area contributed by atoms with Crippen molar-refractivity contribution in [2.45, 2.75) is 53.5 Å². The number of aryl methyl sites for hydroxylation is 4. The summed E-state index contributed by atoms with van der Waals surface area (Å²) in [7, 11) is 1.55. The molecule has 1 heterocycles. The maximum atomic E-state index is 12.4. The van der Waals surface area contributed by atoms with Crippen molar-refractivity contribution in [3.05, 3.63) is 70.3 Å². The van der Waals surface area contributed by atoms with Gasteiger partial charge in [-0.3, -0.25) is 9.59 Å². The van der Waals surface area contributed by atoms with Gasteiger partial charge in [0, 0.05) is 13.6 Å². The molecule has 3 rings (SSSR count). The van der Waals surface area contributed by atoms with Gasteiger partial charge in [0.05, 0.1) is 11.0 Å². The molecule has 1 aromatic heterocycles. The molecule has 0 aliphatic rings. The van der Waals surface area contributed by atoms with Gasteiger partial charge in [0.2, 0.25) is 6.41 Å². The number of carbonyl (C=O) groups is 2. The summed E-state index contributed by atoms with van der Waals surface area (Å²) < 4.78 is 1.93. The van der Waals surface area contributed by atoms with Crippen molar-refractivity contribution in [1.82, 2.24) is 14.9 Å². The topological polar surface area (TPSA) is 76.3 Å². The fraction of sp³-hybridized carbons (Fsp3) is 0.360. The maximum Gasteiger partial charge on any atom is 0.273 e. The number of fused-ring (bicyclic) bond motifs is 1. The molecule has 0 fully saturated rings. The number of rotatable bonds is 7. The summed E-state index contributed by atoms with van der Waals surface area (Å²) in [6.07, 6.45) is 3.08. The number of nitrogens with one attached hydrogen (secondary N) is 1. The second-order valence-corrected chi connectivity index (χ2v) is 7.02. The van der Waals surface area contributed by atoms with E-state index in [-0.39, 0.29) is 11.6 Å². The Morgan fingerprint density at radius 3 is 2.58 bits per heavy atom. The Balaban J connectivity index is 0.00000166. The molecule has 1 N–H and O–H groups in total. The van der Waals surface area contributed by atoms with Crippen molar-refractivity contribution in [1.29, 1.82) is 0 Å². The molecule has 0 saturated heterocycles. The lowest BCUT2D eigenvalue weighted by atomic mass is 10.1. The van der Waals surface area contributed by atoms with Crippen LogP contribution < -0.4 is 10.8 Å². The van der Waals surface area contributed by atoms with Crippen molar-refractivity contribution < 1.29 is 9.59 Å². The summed E-state index contributed by atoms with van der Waals surface area (Å²) in [4.78, 5) is 32.1. The van der Waals surface area contributed by atoms with Crippen LogP contribution in [0, 0.1) is 6.92 Å². The molecule has 3 aromatic rings. The third kappa shape index (κ3) is 5.87. The molecule has 0 radical (unpaired) electrons. The van der Waals surface area contributed by atoms with E-state index in [2.05, 4.69) is 53.4 Å². The van der Waals surface area contributed by atoms with Crippen molar-refractivity contribution in [3.63, 3.8) is 0 Å². The van der Waals surface area contributed by atoms with E-state index in [0.717, 1.165) is 35.9 Å². The lowest BCUT2D eigenvalue weighted by Gasteiger charge is -2.15. The van der Waals surface area contributed by atoms with E-state index in [1.165, 1.54) is 11.1 Å². The molecule has 0 unspecified atom stereocenters. The van der Waals surface area contributed by atoms with E-state index in [1.807, 2.05) is 36.6 Å². The van der Waals surface area contributed by atoms with E-state index in [0.29, 0.717) is 18.4 Å². The Hall–Kier alpha value is -3.28. The molecule has 2 aromatic carbocycles. The van der Waals surface area contributed by atoms with Crippen LogP contribution in [0.25, 0.3) is 11.0 Å². The maximum absolute atomic E-state index is 12.4. The lowest BCUT2D eigenvalue weighted by Crippen LogP contribution is -2.34. The van der Waals surface area contributed by atoms with Crippen LogP contribution in [0.3, 0.4) is 0 Å². The van der Waals surface area contributed by atoms with E-state index in [9.17, 15) is 9.59 Å². The molecule has 164 valence electrons. The normalized spacial score (nSPS) is 11.1. The smallest absolute Gasteiger partial charge is 0.273 e. The summed E-state index contributed by atoms with van der Waals surface area (Å²) in [6, 6.07) is 14.5. The first-order chi connectivity index (χ1) is 15.1. The molecular formula is C25H32N4O2. The average Bonchev–Trinajstić information content (AvgIpc) is 2.80. The number of aromatic nitrogens is 2. The largest absolute Gasteiger partial charge is 0.354 e. The Labute approximate surface area is 184 Å². The van der Waals surface area contributed by atoms with Crippen LogP contribution in [0.5, 0.6) is 0 Å². The van der Waals surface area contributed by atoms with Gasteiger partial charge in [-0.05, 0) is 49.4 Å². The molecule has 6 nitrogen and oxygen atoms in total. The van der Waals surface area contributed by atoms with Crippen molar-refractivity contribution in [2.24, 2.45) is 4.99 Å². The summed E-state index contributed by atoms with van der Waals surface area (Å²) in [5, 5.41) is 2.60. The molecule has 0 aliphatic heterocycles. The highest BCUT2D eigenvalue weighted by atomic mass is 16.2. The highest BCUT2D eigenvalue weighted by molar-refractivity contribution is 5.93. The van der Waals surface area contributed by atoms with Gasteiger partial charge in [0.1, 0.15) is 0 Å². The molecule has 0 saturated carbocycles. The highest BCUT2D eigenvalue weighted by Gasteiger charge is 2.15. The van der Waals surface area contributed by atoms with Gasteiger partial charge >= 0.3 is 0 Å². The fourth-order valence-electron chi connectivity index (χ4n) is 3.51. The van der Waals surface area contributed by atoms with Crippen LogP contribution >= 0.6 is 0 Å². The zero-order chi connectivity index (χ0) is 22.8. The monoisotopic (exact) mass is 420 g/mol. The van der Waals surface area contributed by atoms with Gasteiger partial charge in [-0.15, -0.1) is 0 Å². The van der Waals surface area contributed by atoms with Crippen LogP contribution in [0.15, 0.2) is 47.5 Å². The zero-order valence-electron chi connectivity index (χ0n) is 19.1. The van der Waals surface area contributed by atoms with Gasteiger partial charge in [0.15, 0.2) is 11.2 Å². The van der Waals surface area contributed by atoms with Crippen molar-refractivity contribution in [3.8, 4) is 0 Å². The van der Waals surface area contributed by atoms with Gasteiger partial charge < -0.3 is 9.88 Å². The SMILES string of the molecule is CC.CCc1ccc2c(c1)nc(C(=O)NC)c(=NC=O)n2CCCc1cccc(C)c1. The molecule has 0 spiro atoms. The molecule has 0 atom stereocenters. The van der Waals surface area contributed by atoms with Gasteiger partial charge in [0.25, 0.3) is 5.91 Å². The van der Waals surface area contributed by atoms with Gasteiger partial charge in [-0.1, -0.05) is 56.7 Å². The predicted octanol–water partition coefficient (Wildman–Crippen LogP) is 3.98. The van der Waals surface area contributed by atoms with Crippen LogP contribution in [0.1, 0.15) is 54.4 Å². The summed E-state index contributed by atoms with van der Waals surface area (Å²) >= 11 is 0. The third-order valence-electron chi connectivity index (χ3n) is 4.99. The quantitative estimate of drug-likeness (QED) is 0.587. The Morgan fingerprint density at radius 1 is 1.16 bits per heavy atom. The summed E-state index contributed by atoms with van der Waals surface area (Å²) in [5.41, 5.74) is 5.67. The van der Waals surface area contributed by atoms with Gasteiger partial charge in [-0.2, -0.15) is 4.99 Å².